The molecule has 1 aromatic carbocycles. The number of guanidine groups is 1. The molecule has 0 spiro atoms. The van der Waals surface area contributed by atoms with E-state index in [2.05, 4.69) is 65.8 Å². The molecule has 1 atom stereocenters. The topological polar surface area (TPSA) is 48.9 Å². The van der Waals surface area contributed by atoms with Crippen LogP contribution in [-0.4, -0.2) is 57.8 Å². The van der Waals surface area contributed by atoms with Gasteiger partial charge in [0.1, 0.15) is 0 Å². The summed E-state index contributed by atoms with van der Waals surface area (Å²) in [6.07, 6.45) is 0. The van der Waals surface area contributed by atoms with E-state index in [0.717, 1.165) is 12.5 Å². The predicted octanol–water partition coefficient (Wildman–Crippen LogP) is 2.19. The number of aryl methyl sites for hydroxylation is 1. The lowest BCUT2D eigenvalue weighted by Gasteiger charge is -2.28. The summed E-state index contributed by atoms with van der Waals surface area (Å²) in [6.45, 7) is 7.67. The zero-order valence-electron chi connectivity index (χ0n) is 15.6. The largest absolute Gasteiger partial charge is 0.377 e. The molecule has 0 saturated carbocycles. The standard InChI is InChI=1S/C18H32N4O/c1-14-8-10-15(11-9-14)16(22(5)6)12-20-17(19-4)21-13-18(2,3)23-7/h8-11,16H,12-13H2,1-7H3,(H2,19,20,21). The molecule has 0 aromatic heterocycles. The lowest BCUT2D eigenvalue weighted by Crippen LogP contribution is -2.47. The number of nitrogens with zero attached hydrogens (tertiary/aromatic N) is 2. The van der Waals surface area contributed by atoms with Gasteiger partial charge in [-0.1, -0.05) is 29.8 Å². The number of likely N-dealkylation sites (N-methyl/N-ethyl adjacent to an activating group) is 1. The van der Waals surface area contributed by atoms with Crippen LogP contribution in [0.5, 0.6) is 0 Å². The minimum Gasteiger partial charge on any atom is -0.377 e. The molecule has 0 heterocycles. The Morgan fingerprint density at radius 1 is 1.22 bits per heavy atom. The van der Waals surface area contributed by atoms with E-state index in [4.69, 9.17) is 4.74 Å². The first kappa shape index (κ1) is 19.5. The van der Waals surface area contributed by atoms with E-state index < -0.39 is 0 Å². The van der Waals surface area contributed by atoms with Gasteiger partial charge in [0.05, 0.1) is 11.6 Å². The number of methoxy groups -OCH3 is 1. The van der Waals surface area contributed by atoms with Crippen LogP contribution >= 0.6 is 0 Å². The Morgan fingerprint density at radius 3 is 2.30 bits per heavy atom. The highest BCUT2D eigenvalue weighted by Gasteiger charge is 2.18. The van der Waals surface area contributed by atoms with Crippen LogP contribution in [0.2, 0.25) is 0 Å². The first-order valence-electron chi connectivity index (χ1n) is 8.01. The van der Waals surface area contributed by atoms with Gasteiger partial charge in [0.2, 0.25) is 0 Å². The van der Waals surface area contributed by atoms with E-state index in [0.29, 0.717) is 6.54 Å². The number of aliphatic imine (C=N–C) groups is 1. The van der Waals surface area contributed by atoms with Crippen molar-refractivity contribution < 1.29 is 4.74 Å². The maximum atomic E-state index is 5.42. The molecule has 0 fully saturated rings. The van der Waals surface area contributed by atoms with E-state index in [9.17, 15) is 0 Å². The number of hydrogen-bond acceptors (Lipinski definition) is 3. The zero-order valence-corrected chi connectivity index (χ0v) is 15.6. The van der Waals surface area contributed by atoms with Crippen LogP contribution in [0, 0.1) is 6.92 Å². The fourth-order valence-corrected chi connectivity index (χ4v) is 2.17. The Kier molecular flexibility index (Phi) is 7.52. The third-order valence-corrected chi connectivity index (χ3v) is 4.01. The van der Waals surface area contributed by atoms with Crippen LogP contribution in [0.15, 0.2) is 29.3 Å². The van der Waals surface area contributed by atoms with Crippen molar-refractivity contribution in [3.63, 3.8) is 0 Å². The van der Waals surface area contributed by atoms with Gasteiger partial charge in [-0.3, -0.25) is 4.99 Å². The molecule has 1 unspecified atom stereocenters. The number of hydrogen-bond donors (Lipinski definition) is 2. The molecule has 130 valence electrons. The molecule has 23 heavy (non-hydrogen) atoms. The maximum Gasteiger partial charge on any atom is 0.191 e. The first-order chi connectivity index (χ1) is 10.8. The van der Waals surface area contributed by atoms with Crippen molar-refractivity contribution >= 4 is 5.96 Å². The Hall–Kier alpha value is -1.59. The predicted molar refractivity (Wildman–Crippen MR) is 98.1 cm³/mol. The molecular weight excluding hydrogens is 288 g/mol. The maximum absolute atomic E-state index is 5.42. The van der Waals surface area contributed by atoms with Gasteiger partial charge in [0.15, 0.2) is 5.96 Å². The number of benzene rings is 1. The Labute approximate surface area is 141 Å². The average molecular weight is 320 g/mol. The Morgan fingerprint density at radius 2 is 1.83 bits per heavy atom. The van der Waals surface area contributed by atoms with E-state index in [-0.39, 0.29) is 11.6 Å². The molecule has 5 nitrogen and oxygen atoms in total. The number of ether oxygens (including phenoxy) is 1. The third kappa shape index (κ3) is 6.59. The van der Waals surface area contributed by atoms with Crippen molar-refractivity contribution in [2.45, 2.75) is 32.4 Å². The summed E-state index contributed by atoms with van der Waals surface area (Å²) in [6, 6.07) is 8.96. The van der Waals surface area contributed by atoms with Gasteiger partial charge < -0.3 is 20.3 Å². The molecular formula is C18H32N4O. The molecule has 0 saturated heterocycles. The molecule has 1 rings (SSSR count). The monoisotopic (exact) mass is 320 g/mol. The summed E-state index contributed by atoms with van der Waals surface area (Å²) in [5, 5.41) is 6.71. The van der Waals surface area contributed by atoms with Gasteiger partial charge in [0.25, 0.3) is 0 Å². The van der Waals surface area contributed by atoms with Crippen LogP contribution in [0.3, 0.4) is 0 Å². The Balaban J connectivity index is 2.65. The van der Waals surface area contributed by atoms with Crippen LogP contribution in [0.25, 0.3) is 0 Å². The average Bonchev–Trinajstić information content (AvgIpc) is 2.51. The molecule has 0 bridgehead atoms. The van der Waals surface area contributed by atoms with Crippen molar-refractivity contribution in [1.29, 1.82) is 0 Å². The summed E-state index contributed by atoms with van der Waals surface area (Å²) in [7, 11) is 7.69. The second-order valence-electron chi connectivity index (χ2n) is 6.66. The Bertz CT molecular complexity index is 494. The fourth-order valence-electron chi connectivity index (χ4n) is 2.17. The summed E-state index contributed by atoms with van der Waals surface area (Å²) in [5.41, 5.74) is 2.34. The number of rotatable bonds is 7. The lowest BCUT2D eigenvalue weighted by atomic mass is 10.0. The second kappa shape index (κ2) is 8.89. The van der Waals surface area contributed by atoms with Gasteiger partial charge in [-0.05, 0) is 40.4 Å². The molecule has 0 aliphatic rings. The minimum absolute atomic E-state index is 0.227. The SMILES string of the molecule is CN=C(NCC(c1ccc(C)cc1)N(C)C)NCC(C)(C)OC. The van der Waals surface area contributed by atoms with E-state index in [1.165, 1.54) is 11.1 Å². The van der Waals surface area contributed by atoms with Crippen molar-refractivity contribution in [1.82, 2.24) is 15.5 Å². The highest BCUT2D eigenvalue weighted by molar-refractivity contribution is 5.79. The van der Waals surface area contributed by atoms with Gasteiger partial charge in [-0.25, -0.2) is 0 Å². The molecule has 2 N–H and O–H groups in total. The van der Waals surface area contributed by atoms with Gasteiger partial charge in [-0.15, -0.1) is 0 Å². The molecule has 0 aliphatic carbocycles. The van der Waals surface area contributed by atoms with E-state index in [1.807, 2.05) is 13.8 Å². The second-order valence-corrected chi connectivity index (χ2v) is 6.66. The normalized spacial score (nSPS) is 14.0. The van der Waals surface area contributed by atoms with Crippen molar-refractivity contribution in [2.75, 3.05) is 41.3 Å². The highest BCUT2D eigenvalue weighted by Crippen LogP contribution is 2.17. The molecule has 5 heteroatoms. The highest BCUT2D eigenvalue weighted by atomic mass is 16.5. The lowest BCUT2D eigenvalue weighted by molar-refractivity contribution is 0.0268. The molecule has 0 radical (unpaired) electrons. The summed E-state index contributed by atoms with van der Waals surface area (Å²) in [5.74, 6) is 0.786. The third-order valence-electron chi connectivity index (χ3n) is 4.01. The van der Waals surface area contributed by atoms with Crippen LogP contribution < -0.4 is 10.6 Å². The summed E-state index contributed by atoms with van der Waals surface area (Å²) < 4.78 is 5.42. The van der Waals surface area contributed by atoms with Crippen molar-refractivity contribution in [3.8, 4) is 0 Å². The first-order valence-corrected chi connectivity index (χ1v) is 8.01. The molecule has 0 aliphatic heterocycles. The van der Waals surface area contributed by atoms with Gasteiger partial charge >= 0.3 is 0 Å². The van der Waals surface area contributed by atoms with Crippen molar-refractivity contribution in [3.05, 3.63) is 35.4 Å². The fraction of sp³-hybridized carbons (Fsp3) is 0.611. The van der Waals surface area contributed by atoms with Gasteiger partial charge in [-0.2, -0.15) is 0 Å². The minimum atomic E-state index is -0.227. The van der Waals surface area contributed by atoms with Gasteiger partial charge in [0, 0.05) is 27.2 Å². The van der Waals surface area contributed by atoms with Crippen LogP contribution in [-0.2, 0) is 4.74 Å². The zero-order chi connectivity index (χ0) is 17.5. The molecule has 1 aromatic rings. The summed E-state index contributed by atoms with van der Waals surface area (Å²) in [4.78, 5) is 6.50. The van der Waals surface area contributed by atoms with Crippen LogP contribution in [0.4, 0.5) is 0 Å². The number of nitrogens with one attached hydrogen (secondary N) is 2. The molecule has 0 amide bonds. The smallest absolute Gasteiger partial charge is 0.191 e. The van der Waals surface area contributed by atoms with Crippen molar-refractivity contribution in [2.24, 2.45) is 4.99 Å². The van der Waals surface area contributed by atoms with Crippen LogP contribution in [0.1, 0.15) is 31.0 Å². The van der Waals surface area contributed by atoms with E-state index >= 15 is 0 Å². The quantitative estimate of drug-likeness (QED) is 0.597. The summed E-state index contributed by atoms with van der Waals surface area (Å²) >= 11 is 0. The van der Waals surface area contributed by atoms with E-state index in [1.54, 1.807) is 14.2 Å².